The molecule has 2 N–H and O–H groups in total. The van der Waals surface area contributed by atoms with Crippen molar-refractivity contribution in [1.82, 2.24) is 15.2 Å². The van der Waals surface area contributed by atoms with Crippen molar-refractivity contribution < 1.29 is 18.7 Å². The molecule has 0 spiro atoms. The lowest BCUT2D eigenvalue weighted by Gasteiger charge is -2.38. The Kier molecular flexibility index (Phi) is 8.87. The zero-order valence-corrected chi connectivity index (χ0v) is 25.9. The zero-order valence-electron chi connectivity index (χ0n) is 25.1. The largest absolute Gasteiger partial charge is 0.497 e. The van der Waals surface area contributed by atoms with Crippen molar-refractivity contribution in [2.45, 2.75) is 26.4 Å². The van der Waals surface area contributed by atoms with Crippen LogP contribution in [-0.4, -0.2) is 43.0 Å². The van der Waals surface area contributed by atoms with E-state index >= 15 is 4.39 Å². The molecule has 0 fully saturated rings. The van der Waals surface area contributed by atoms with Crippen molar-refractivity contribution in [3.63, 3.8) is 0 Å². The third kappa shape index (κ3) is 6.09. The number of urea groups is 1. The Bertz CT molecular complexity index is 1720. The summed E-state index contributed by atoms with van der Waals surface area (Å²) < 4.78 is 21.1. The molecule has 0 bridgehead atoms. The van der Waals surface area contributed by atoms with Gasteiger partial charge in [0.1, 0.15) is 11.6 Å². The predicted molar refractivity (Wildman–Crippen MR) is 171 cm³/mol. The molecular weight excluding hydrogens is 581 g/mol. The average molecular weight is 614 g/mol. The van der Waals surface area contributed by atoms with Gasteiger partial charge in [-0.05, 0) is 54.3 Å². The van der Waals surface area contributed by atoms with Crippen LogP contribution in [0.2, 0.25) is 5.02 Å². The van der Waals surface area contributed by atoms with Crippen molar-refractivity contribution >= 4 is 40.6 Å². The normalized spacial score (nSPS) is 14.8. The highest BCUT2D eigenvalue weighted by atomic mass is 35.5. The molecule has 0 saturated heterocycles. The smallest absolute Gasteiger partial charge is 0.322 e. The van der Waals surface area contributed by atoms with Gasteiger partial charge in [-0.3, -0.25) is 14.7 Å². The molecule has 1 atom stereocenters. The van der Waals surface area contributed by atoms with Crippen LogP contribution in [0.25, 0.3) is 5.70 Å². The van der Waals surface area contributed by atoms with Crippen LogP contribution in [0.15, 0.2) is 84.7 Å². The number of rotatable bonds is 8. The molecule has 0 saturated carbocycles. The van der Waals surface area contributed by atoms with Crippen LogP contribution >= 0.6 is 11.6 Å². The van der Waals surface area contributed by atoms with Crippen LogP contribution < -0.4 is 20.3 Å². The fourth-order valence-corrected chi connectivity index (χ4v) is 5.78. The summed E-state index contributed by atoms with van der Waals surface area (Å²) in [7, 11) is 5.08. The molecule has 3 amide bonds. The average Bonchev–Trinajstić information content (AvgIpc) is 3.00. The van der Waals surface area contributed by atoms with Gasteiger partial charge >= 0.3 is 6.03 Å². The fraction of sp³-hybridized carbons (Fsp3) is 0.206. The highest BCUT2D eigenvalue weighted by Crippen LogP contribution is 2.41. The van der Waals surface area contributed by atoms with E-state index in [0.29, 0.717) is 33.4 Å². The Morgan fingerprint density at radius 3 is 2.43 bits per heavy atom. The second-order valence-electron chi connectivity index (χ2n) is 10.8. The minimum absolute atomic E-state index is 0.118. The van der Waals surface area contributed by atoms with E-state index in [1.54, 1.807) is 44.3 Å². The van der Waals surface area contributed by atoms with Gasteiger partial charge in [-0.2, -0.15) is 0 Å². The molecule has 0 radical (unpaired) electrons. The first-order valence-corrected chi connectivity index (χ1v) is 14.4. The number of aryl methyl sites for hydroxylation is 2. The summed E-state index contributed by atoms with van der Waals surface area (Å²) in [5.41, 5.74) is 4.57. The maximum Gasteiger partial charge on any atom is 0.322 e. The van der Waals surface area contributed by atoms with Gasteiger partial charge < -0.3 is 20.3 Å². The van der Waals surface area contributed by atoms with Gasteiger partial charge in [0.25, 0.3) is 5.91 Å². The molecule has 1 aromatic heterocycles. The van der Waals surface area contributed by atoms with Crippen molar-refractivity contribution in [3.05, 3.63) is 123 Å². The van der Waals surface area contributed by atoms with Crippen LogP contribution in [0.1, 0.15) is 33.9 Å². The molecule has 44 heavy (non-hydrogen) atoms. The van der Waals surface area contributed by atoms with E-state index in [1.807, 2.05) is 62.4 Å². The topological polar surface area (TPSA) is 86.8 Å². The lowest BCUT2D eigenvalue weighted by atomic mass is 9.90. The number of benzene rings is 3. The lowest BCUT2D eigenvalue weighted by molar-refractivity contribution is -0.113. The molecule has 1 aliphatic heterocycles. The number of carbonyl (C=O) groups is 2. The first kappa shape index (κ1) is 30.6. The zero-order chi connectivity index (χ0) is 31.5. The quantitative estimate of drug-likeness (QED) is 0.226. The van der Waals surface area contributed by atoms with Crippen molar-refractivity contribution in [2.75, 3.05) is 31.4 Å². The second kappa shape index (κ2) is 12.8. The van der Waals surface area contributed by atoms with Crippen LogP contribution in [0, 0.1) is 19.7 Å². The maximum atomic E-state index is 15.8. The number of aromatic nitrogens is 1. The Morgan fingerprint density at radius 1 is 1.09 bits per heavy atom. The number of amides is 3. The molecular formula is C34H33ClFN5O3. The molecule has 226 valence electrons. The van der Waals surface area contributed by atoms with Crippen molar-refractivity contribution in [1.29, 1.82) is 0 Å². The molecule has 1 unspecified atom stereocenters. The van der Waals surface area contributed by atoms with Gasteiger partial charge in [0.2, 0.25) is 0 Å². The molecule has 1 aliphatic rings. The Hall–Kier alpha value is -4.89. The summed E-state index contributed by atoms with van der Waals surface area (Å²) in [5.74, 6) is -0.527. The monoisotopic (exact) mass is 613 g/mol. The number of hydrogen-bond acceptors (Lipinski definition) is 5. The number of halogens is 2. The standard InChI is InChI=1S/C34H33ClFN5O3/c1-20-15-21(2)30(25(35)16-20)38-33(42)29-31(28-26(36)17-37-18-27(28)40(3)4)39-34(43)41(32(29)23-9-7-6-8-10-23)19-22-11-13-24(44-5)14-12-22/h6-18,31H,19H2,1-5H3,(H,38,42)(H,39,43). The Balaban J connectivity index is 1.76. The van der Waals surface area contributed by atoms with E-state index < -0.39 is 23.8 Å². The van der Waals surface area contributed by atoms with Crippen LogP contribution in [0.4, 0.5) is 20.6 Å². The molecule has 5 rings (SSSR count). The highest BCUT2D eigenvalue weighted by Gasteiger charge is 2.41. The number of nitrogens with one attached hydrogen (secondary N) is 2. The Morgan fingerprint density at radius 2 is 1.80 bits per heavy atom. The summed E-state index contributed by atoms with van der Waals surface area (Å²) in [6, 6.07) is 18.5. The van der Waals surface area contributed by atoms with Gasteiger partial charge in [-0.15, -0.1) is 0 Å². The number of ether oxygens (including phenoxy) is 1. The van der Waals surface area contributed by atoms with E-state index in [0.717, 1.165) is 22.9 Å². The summed E-state index contributed by atoms with van der Waals surface area (Å²) in [4.78, 5) is 35.8. The molecule has 10 heteroatoms. The minimum Gasteiger partial charge on any atom is -0.497 e. The number of anilines is 2. The van der Waals surface area contributed by atoms with Gasteiger partial charge in [-0.25, -0.2) is 9.18 Å². The summed E-state index contributed by atoms with van der Waals surface area (Å²) in [6.07, 6.45) is 2.59. The van der Waals surface area contributed by atoms with Gasteiger partial charge in [0, 0.05) is 19.7 Å². The van der Waals surface area contributed by atoms with E-state index in [9.17, 15) is 9.59 Å². The van der Waals surface area contributed by atoms with E-state index in [-0.39, 0.29) is 17.7 Å². The van der Waals surface area contributed by atoms with Gasteiger partial charge in [0.15, 0.2) is 0 Å². The third-order valence-corrected chi connectivity index (χ3v) is 7.78. The minimum atomic E-state index is -1.16. The SMILES string of the molecule is COc1ccc(CN2C(=O)NC(c3c(F)cncc3N(C)C)C(C(=O)Nc3c(C)cc(C)cc3Cl)=C2c2ccccc2)cc1. The first-order valence-electron chi connectivity index (χ1n) is 14.0. The fourth-order valence-electron chi connectivity index (χ4n) is 5.42. The number of hydrogen-bond donors (Lipinski definition) is 2. The Labute approximate surface area is 261 Å². The number of pyridine rings is 1. The van der Waals surface area contributed by atoms with Crippen LogP contribution in [0.3, 0.4) is 0 Å². The molecule has 3 aromatic carbocycles. The van der Waals surface area contributed by atoms with Crippen LogP contribution in [0.5, 0.6) is 5.75 Å². The molecule has 8 nitrogen and oxygen atoms in total. The van der Waals surface area contributed by atoms with Crippen LogP contribution in [-0.2, 0) is 11.3 Å². The van der Waals surface area contributed by atoms with Gasteiger partial charge in [-0.1, -0.05) is 60.1 Å². The van der Waals surface area contributed by atoms with E-state index in [4.69, 9.17) is 16.3 Å². The van der Waals surface area contributed by atoms with Crippen molar-refractivity contribution in [2.24, 2.45) is 0 Å². The van der Waals surface area contributed by atoms with E-state index in [1.165, 1.54) is 11.1 Å². The molecule has 2 heterocycles. The van der Waals surface area contributed by atoms with E-state index in [2.05, 4.69) is 15.6 Å². The number of methoxy groups -OCH3 is 1. The highest BCUT2D eigenvalue weighted by molar-refractivity contribution is 6.34. The number of nitrogens with zero attached hydrogens (tertiary/aromatic N) is 3. The first-order chi connectivity index (χ1) is 21.1. The third-order valence-electron chi connectivity index (χ3n) is 7.48. The van der Waals surface area contributed by atoms with Crippen molar-refractivity contribution in [3.8, 4) is 5.75 Å². The van der Waals surface area contributed by atoms with Gasteiger partial charge in [0.05, 0.1) is 59.8 Å². The predicted octanol–water partition coefficient (Wildman–Crippen LogP) is 6.88. The second-order valence-corrected chi connectivity index (χ2v) is 11.2. The summed E-state index contributed by atoms with van der Waals surface area (Å²) in [5, 5.41) is 6.28. The molecule has 0 aliphatic carbocycles. The summed E-state index contributed by atoms with van der Waals surface area (Å²) in [6.45, 7) is 3.90. The summed E-state index contributed by atoms with van der Waals surface area (Å²) >= 11 is 6.60. The maximum absolute atomic E-state index is 15.8. The molecule has 4 aromatic rings. The number of carbonyl (C=O) groups excluding carboxylic acids is 2. The lowest BCUT2D eigenvalue weighted by Crippen LogP contribution is -2.48.